The number of rotatable bonds is 4. The number of nitrogens with two attached hydrogens (primary N) is 1. The molecular formula is C23H34NO2Si. The summed E-state index contributed by atoms with van der Waals surface area (Å²) in [5.74, 6) is 2.15. The standard InChI is InChI=1S/C23H34NO2Si/c1-21(2,3)27(4,5)26-22-12-16-11-18(14-22)19(17-9-7-6-8-10-17)23(13-16,15-22)20(24)25/h6-10,16,18H,11-15H2,1-5H3,(H2,24,25). The highest BCUT2D eigenvalue weighted by atomic mass is 28.4. The molecule has 4 unspecified atom stereocenters. The van der Waals surface area contributed by atoms with E-state index in [0.717, 1.165) is 25.7 Å². The van der Waals surface area contributed by atoms with Crippen molar-refractivity contribution in [3.63, 3.8) is 0 Å². The molecule has 2 N–H and O–H groups in total. The average molecular weight is 385 g/mol. The molecule has 4 bridgehead atoms. The Labute approximate surface area is 165 Å². The Hall–Kier alpha value is -1.13. The first-order chi connectivity index (χ1) is 12.5. The molecule has 0 heterocycles. The summed E-state index contributed by atoms with van der Waals surface area (Å²) in [6.45, 7) is 11.6. The van der Waals surface area contributed by atoms with E-state index in [1.807, 2.05) is 6.07 Å². The molecule has 0 aliphatic heterocycles. The predicted molar refractivity (Wildman–Crippen MR) is 111 cm³/mol. The quantitative estimate of drug-likeness (QED) is 0.737. The zero-order valence-corrected chi connectivity index (χ0v) is 18.5. The van der Waals surface area contributed by atoms with E-state index >= 15 is 0 Å². The van der Waals surface area contributed by atoms with Crippen molar-refractivity contribution in [2.24, 2.45) is 23.0 Å². The maximum Gasteiger partial charge on any atom is 0.224 e. The fourth-order valence-electron chi connectivity index (χ4n) is 6.12. The van der Waals surface area contributed by atoms with Crippen molar-refractivity contribution >= 4 is 14.2 Å². The Bertz CT molecular complexity index is 740. The van der Waals surface area contributed by atoms with Crippen LogP contribution in [-0.2, 0) is 9.22 Å². The van der Waals surface area contributed by atoms with Crippen molar-refractivity contribution in [1.29, 1.82) is 0 Å². The molecule has 4 heteroatoms. The Morgan fingerprint density at radius 2 is 1.81 bits per heavy atom. The minimum Gasteiger partial charge on any atom is -0.411 e. The van der Waals surface area contributed by atoms with Crippen molar-refractivity contribution in [3.05, 3.63) is 41.8 Å². The summed E-state index contributed by atoms with van der Waals surface area (Å²) in [7, 11) is -1.92. The second-order valence-electron chi connectivity index (χ2n) is 10.9. The highest BCUT2D eigenvalue weighted by Gasteiger charge is 2.67. The number of hydrogen-bond acceptors (Lipinski definition) is 2. The van der Waals surface area contributed by atoms with Crippen molar-refractivity contribution in [3.8, 4) is 0 Å². The van der Waals surface area contributed by atoms with Gasteiger partial charge in [-0.25, -0.2) is 0 Å². The zero-order valence-electron chi connectivity index (χ0n) is 17.5. The molecule has 4 aliphatic carbocycles. The average Bonchev–Trinajstić information content (AvgIpc) is 2.52. The van der Waals surface area contributed by atoms with Gasteiger partial charge in [0.1, 0.15) is 0 Å². The number of hydrogen-bond donors (Lipinski definition) is 1. The van der Waals surface area contributed by atoms with Gasteiger partial charge in [-0.3, -0.25) is 4.79 Å². The Kier molecular flexibility index (Phi) is 4.22. The fourth-order valence-corrected chi connectivity index (χ4v) is 7.75. The molecule has 1 amide bonds. The molecule has 5 rings (SSSR count). The van der Waals surface area contributed by atoms with Gasteiger partial charge in [0, 0.05) is 5.92 Å². The lowest BCUT2D eigenvalue weighted by atomic mass is 9.42. The summed E-state index contributed by atoms with van der Waals surface area (Å²) in [6, 6.07) is 10.5. The minimum absolute atomic E-state index is 0.140. The predicted octanol–water partition coefficient (Wildman–Crippen LogP) is 5.07. The largest absolute Gasteiger partial charge is 0.411 e. The van der Waals surface area contributed by atoms with E-state index in [0.29, 0.717) is 11.8 Å². The van der Waals surface area contributed by atoms with Crippen LogP contribution in [0.25, 0.3) is 0 Å². The van der Waals surface area contributed by atoms with E-state index < -0.39 is 13.7 Å². The molecule has 0 spiro atoms. The van der Waals surface area contributed by atoms with Gasteiger partial charge < -0.3 is 10.2 Å². The zero-order chi connectivity index (χ0) is 19.7. The molecule has 1 aromatic rings. The summed E-state index contributed by atoms with van der Waals surface area (Å²) in [5, 5.41) is 0.169. The highest BCUT2D eigenvalue weighted by molar-refractivity contribution is 6.74. The summed E-state index contributed by atoms with van der Waals surface area (Å²) in [6.07, 6.45) is 5.02. The van der Waals surface area contributed by atoms with Gasteiger partial charge in [0.2, 0.25) is 5.91 Å². The van der Waals surface area contributed by atoms with E-state index in [-0.39, 0.29) is 16.5 Å². The van der Waals surface area contributed by atoms with Gasteiger partial charge in [0.15, 0.2) is 8.32 Å². The van der Waals surface area contributed by atoms with Crippen LogP contribution in [0.2, 0.25) is 18.1 Å². The van der Waals surface area contributed by atoms with Crippen LogP contribution in [0.3, 0.4) is 0 Å². The van der Waals surface area contributed by atoms with Gasteiger partial charge in [-0.15, -0.1) is 0 Å². The highest BCUT2D eigenvalue weighted by Crippen LogP contribution is 2.68. The third-order valence-electron chi connectivity index (χ3n) is 7.92. The van der Waals surface area contributed by atoms with E-state index in [4.69, 9.17) is 10.2 Å². The van der Waals surface area contributed by atoms with Gasteiger partial charge in [-0.1, -0.05) is 51.1 Å². The number of amides is 1. The van der Waals surface area contributed by atoms with Crippen LogP contribution >= 0.6 is 0 Å². The third-order valence-corrected chi connectivity index (χ3v) is 12.5. The summed E-state index contributed by atoms with van der Waals surface area (Å²) >= 11 is 0. The lowest BCUT2D eigenvalue weighted by Crippen LogP contribution is -2.66. The molecule has 0 saturated heterocycles. The lowest BCUT2D eigenvalue weighted by molar-refractivity contribution is -0.160. The second-order valence-corrected chi connectivity index (χ2v) is 15.6. The number of benzene rings is 1. The van der Waals surface area contributed by atoms with E-state index in [1.54, 1.807) is 0 Å². The van der Waals surface area contributed by atoms with Crippen LogP contribution < -0.4 is 5.73 Å². The Balaban J connectivity index is 1.74. The molecule has 1 radical (unpaired) electrons. The van der Waals surface area contributed by atoms with Gasteiger partial charge in [-0.05, 0) is 67.6 Å². The summed E-state index contributed by atoms with van der Waals surface area (Å²) < 4.78 is 7.08. The lowest BCUT2D eigenvalue weighted by Gasteiger charge is -2.65. The topological polar surface area (TPSA) is 52.3 Å². The monoisotopic (exact) mass is 384 g/mol. The number of primary amides is 1. The minimum atomic E-state index is -1.92. The SMILES string of the molecule is CC(C)(C)[Si](C)(C)OC12CC3CC(C1)[C](c1ccccc1)C(C(N)=O)(C3)C2. The van der Waals surface area contributed by atoms with Crippen LogP contribution in [0.5, 0.6) is 0 Å². The van der Waals surface area contributed by atoms with Crippen molar-refractivity contribution in [2.75, 3.05) is 0 Å². The molecule has 4 atom stereocenters. The molecule has 4 saturated carbocycles. The summed E-state index contributed by atoms with van der Waals surface area (Å²) in [4.78, 5) is 12.9. The van der Waals surface area contributed by atoms with Gasteiger partial charge in [0.25, 0.3) is 0 Å². The molecule has 3 nitrogen and oxygen atoms in total. The normalized spacial score (nSPS) is 36.2. The Morgan fingerprint density at radius 3 is 2.41 bits per heavy atom. The molecule has 27 heavy (non-hydrogen) atoms. The van der Waals surface area contributed by atoms with Crippen molar-refractivity contribution in [2.45, 2.75) is 76.6 Å². The molecule has 4 aliphatic rings. The van der Waals surface area contributed by atoms with Crippen LogP contribution in [0.1, 0.15) is 58.4 Å². The molecule has 0 aromatic heterocycles. The first-order valence-corrected chi connectivity index (χ1v) is 13.3. The van der Waals surface area contributed by atoms with Crippen LogP contribution in [0, 0.1) is 23.2 Å². The van der Waals surface area contributed by atoms with Crippen LogP contribution in [-0.4, -0.2) is 19.8 Å². The van der Waals surface area contributed by atoms with E-state index in [9.17, 15) is 4.79 Å². The molecule has 4 fully saturated rings. The van der Waals surface area contributed by atoms with E-state index in [1.165, 1.54) is 17.9 Å². The van der Waals surface area contributed by atoms with E-state index in [2.05, 4.69) is 58.1 Å². The first-order valence-electron chi connectivity index (χ1n) is 10.4. The van der Waals surface area contributed by atoms with Crippen LogP contribution in [0.15, 0.2) is 30.3 Å². The maximum absolute atomic E-state index is 12.9. The van der Waals surface area contributed by atoms with Gasteiger partial charge >= 0.3 is 0 Å². The molecule has 1 aromatic carbocycles. The first kappa shape index (κ1) is 19.2. The Morgan fingerprint density at radius 1 is 1.15 bits per heavy atom. The summed E-state index contributed by atoms with van der Waals surface area (Å²) in [5.41, 5.74) is 6.65. The van der Waals surface area contributed by atoms with Gasteiger partial charge in [-0.2, -0.15) is 0 Å². The number of carbonyl (C=O) groups excluding carboxylic acids is 1. The molecule has 147 valence electrons. The third kappa shape index (κ3) is 2.91. The maximum atomic E-state index is 12.9. The van der Waals surface area contributed by atoms with Crippen molar-refractivity contribution in [1.82, 2.24) is 0 Å². The van der Waals surface area contributed by atoms with Crippen molar-refractivity contribution < 1.29 is 9.22 Å². The van der Waals surface area contributed by atoms with Gasteiger partial charge in [0.05, 0.1) is 11.0 Å². The molecular weight excluding hydrogens is 350 g/mol. The fraction of sp³-hybridized carbons (Fsp3) is 0.652. The number of carbonyl (C=O) groups is 1. The van der Waals surface area contributed by atoms with Crippen LogP contribution in [0.4, 0.5) is 0 Å². The second kappa shape index (κ2) is 5.93. The smallest absolute Gasteiger partial charge is 0.224 e.